The summed E-state index contributed by atoms with van der Waals surface area (Å²) in [6, 6.07) is 9.78. The molecule has 0 N–H and O–H groups in total. The van der Waals surface area contributed by atoms with E-state index in [2.05, 4.69) is 18.8 Å². The van der Waals surface area contributed by atoms with Gasteiger partial charge >= 0.3 is 0 Å². The van der Waals surface area contributed by atoms with Gasteiger partial charge in [-0.15, -0.1) is 0 Å². The Balaban J connectivity index is 1.59. The first-order valence-corrected chi connectivity index (χ1v) is 10.3. The van der Waals surface area contributed by atoms with Crippen LogP contribution >= 0.6 is 0 Å². The minimum atomic E-state index is -0.951. The molecule has 0 bridgehead atoms. The summed E-state index contributed by atoms with van der Waals surface area (Å²) in [4.78, 5) is 0. The van der Waals surface area contributed by atoms with E-state index in [0.29, 0.717) is 27.8 Å². The molecule has 0 unspecified atom stereocenters. The van der Waals surface area contributed by atoms with Crippen LogP contribution in [0.1, 0.15) is 61.6 Å². The predicted octanol–water partition coefficient (Wildman–Crippen LogP) is 7.48. The van der Waals surface area contributed by atoms with E-state index < -0.39 is 23.3 Å². The van der Waals surface area contributed by atoms with E-state index in [0.717, 1.165) is 44.2 Å². The summed E-state index contributed by atoms with van der Waals surface area (Å²) in [6.45, 7) is 2.18. The lowest BCUT2D eigenvalue weighted by Crippen LogP contribution is -2.13. The summed E-state index contributed by atoms with van der Waals surface area (Å²) in [7, 11) is 0. The summed E-state index contributed by atoms with van der Waals surface area (Å²) in [5, 5.41) is 0.999. The summed E-state index contributed by atoms with van der Waals surface area (Å²) in [6.07, 6.45) is 5.25. The maximum Gasteiger partial charge on any atom is 0.159 e. The molecule has 0 aromatic heterocycles. The molecule has 0 nitrogen and oxygen atoms in total. The summed E-state index contributed by atoms with van der Waals surface area (Å²) in [5.41, 5.74) is 0.897. The molecular formula is C26H22F4. The van der Waals surface area contributed by atoms with Gasteiger partial charge in [-0.25, -0.2) is 17.6 Å². The highest BCUT2D eigenvalue weighted by atomic mass is 19.2. The van der Waals surface area contributed by atoms with Crippen LogP contribution in [0.4, 0.5) is 17.6 Å². The van der Waals surface area contributed by atoms with Gasteiger partial charge < -0.3 is 0 Å². The predicted molar refractivity (Wildman–Crippen MR) is 111 cm³/mol. The van der Waals surface area contributed by atoms with Crippen LogP contribution in [0.25, 0.3) is 10.8 Å². The molecule has 0 amide bonds. The molecule has 4 rings (SSSR count). The van der Waals surface area contributed by atoms with Crippen LogP contribution in [-0.4, -0.2) is 0 Å². The topological polar surface area (TPSA) is 0 Å². The van der Waals surface area contributed by atoms with Crippen LogP contribution < -0.4 is 0 Å². The van der Waals surface area contributed by atoms with Crippen molar-refractivity contribution >= 4 is 10.8 Å². The lowest BCUT2D eigenvalue weighted by molar-refractivity contribution is 0.318. The Labute approximate surface area is 173 Å². The van der Waals surface area contributed by atoms with Gasteiger partial charge in [-0.1, -0.05) is 31.3 Å². The first-order valence-electron chi connectivity index (χ1n) is 10.3. The first-order chi connectivity index (χ1) is 14.4. The SMILES string of the molecule is CCC1CCC(c2cc(F)c(C#Cc3ccc4cc(F)c(F)cc4c3)c(F)c2)CC1. The largest absolute Gasteiger partial charge is 0.206 e. The molecule has 1 aliphatic rings. The van der Waals surface area contributed by atoms with E-state index in [1.807, 2.05) is 0 Å². The van der Waals surface area contributed by atoms with Crippen LogP contribution in [0.15, 0.2) is 42.5 Å². The van der Waals surface area contributed by atoms with Crippen molar-refractivity contribution in [2.75, 3.05) is 0 Å². The molecule has 154 valence electrons. The number of benzene rings is 3. The zero-order valence-corrected chi connectivity index (χ0v) is 16.7. The van der Waals surface area contributed by atoms with E-state index in [4.69, 9.17) is 0 Å². The number of halogens is 4. The molecule has 0 atom stereocenters. The Morgan fingerprint density at radius 1 is 0.733 bits per heavy atom. The van der Waals surface area contributed by atoms with Crippen LogP contribution in [-0.2, 0) is 0 Å². The second kappa shape index (κ2) is 8.52. The normalized spacial score (nSPS) is 18.8. The third-order valence-corrected chi connectivity index (χ3v) is 6.17. The average molecular weight is 410 g/mol. The Morgan fingerprint density at radius 2 is 1.37 bits per heavy atom. The van der Waals surface area contributed by atoms with E-state index >= 15 is 0 Å². The first kappa shape index (κ1) is 20.5. The van der Waals surface area contributed by atoms with Gasteiger partial charge in [0.2, 0.25) is 0 Å². The number of hydrogen-bond acceptors (Lipinski definition) is 0. The third-order valence-electron chi connectivity index (χ3n) is 6.17. The maximum absolute atomic E-state index is 14.6. The zero-order valence-electron chi connectivity index (χ0n) is 16.7. The maximum atomic E-state index is 14.6. The van der Waals surface area contributed by atoms with Gasteiger partial charge in [0, 0.05) is 5.56 Å². The van der Waals surface area contributed by atoms with Crippen molar-refractivity contribution in [1.82, 2.24) is 0 Å². The second-order valence-corrected chi connectivity index (χ2v) is 8.06. The average Bonchev–Trinajstić information content (AvgIpc) is 2.74. The van der Waals surface area contributed by atoms with Crippen molar-refractivity contribution in [2.45, 2.75) is 44.9 Å². The van der Waals surface area contributed by atoms with Gasteiger partial charge in [-0.05, 0) is 90.3 Å². The molecule has 0 aliphatic heterocycles. The standard InChI is InChI=1S/C26H22F4/c1-2-16-3-7-18(8-4-16)21-13-23(27)22(24(28)14-21)10-6-17-5-9-19-12-25(29)26(30)15-20(19)11-17/h5,9,11-16,18H,2-4,7-8H2,1H3. The number of hydrogen-bond donors (Lipinski definition) is 0. The van der Waals surface area contributed by atoms with Crippen LogP contribution in [0.3, 0.4) is 0 Å². The number of fused-ring (bicyclic) bond motifs is 1. The molecule has 1 saturated carbocycles. The lowest BCUT2D eigenvalue weighted by Gasteiger charge is -2.28. The van der Waals surface area contributed by atoms with Gasteiger partial charge in [-0.2, -0.15) is 0 Å². The molecule has 3 aromatic rings. The molecule has 4 heteroatoms. The third kappa shape index (κ3) is 4.21. The van der Waals surface area contributed by atoms with Crippen molar-refractivity contribution in [3.63, 3.8) is 0 Å². The highest BCUT2D eigenvalue weighted by molar-refractivity contribution is 5.84. The fraction of sp³-hybridized carbons (Fsp3) is 0.308. The second-order valence-electron chi connectivity index (χ2n) is 8.06. The van der Waals surface area contributed by atoms with Crippen LogP contribution in [0.2, 0.25) is 0 Å². The molecule has 30 heavy (non-hydrogen) atoms. The molecule has 0 spiro atoms. The molecular weight excluding hydrogens is 388 g/mol. The number of rotatable bonds is 2. The van der Waals surface area contributed by atoms with Gasteiger partial charge in [0.15, 0.2) is 11.6 Å². The van der Waals surface area contributed by atoms with Gasteiger partial charge in [0.1, 0.15) is 11.6 Å². The van der Waals surface area contributed by atoms with E-state index in [9.17, 15) is 17.6 Å². The fourth-order valence-corrected chi connectivity index (χ4v) is 4.31. The Morgan fingerprint density at radius 3 is 2.00 bits per heavy atom. The Hall–Kier alpha value is -2.80. The molecule has 3 aromatic carbocycles. The molecule has 0 radical (unpaired) electrons. The summed E-state index contributed by atoms with van der Waals surface area (Å²) >= 11 is 0. The van der Waals surface area contributed by atoms with E-state index in [1.54, 1.807) is 18.2 Å². The lowest BCUT2D eigenvalue weighted by atomic mass is 9.77. The van der Waals surface area contributed by atoms with Crippen molar-refractivity contribution in [1.29, 1.82) is 0 Å². The molecule has 1 fully saturated rings. The summed E-state index contributed by atoms with van der Waals surface area (Å²) < 4.78 is 56.0. The highest BCUT2D eigenvalue weighted by Gasteiger charge is 2.23. The van der Waals surface area contributed by atoms with Gasteiger partial charge in [-0.3, -0.25) is 0 Å². The van der Waals surface area contributed by atoms with Gasteiger partial charge in [0.25, 0.3) is 0 Å². The Kier molecular flexibility index (Phi) is 5.81. The molecule has 1 aliphatic carbocycles. The van der Waals surface area contributed by atoms with Crippen molar-refractivity contribution < 1.29 is 17.6 Å². The smallest absolute Gasteiger partial charge is 0.159 e. The zero-order chi connectivity index (χ0) is 21.3. The van der Waals surface area contributed by atoms with Gasteiger partial charge in [0.05, 0.1) is 5.56 Å². The minimum Gasteiger partial charge on any atom is -0.206 e. The molecule has 0 heterocycles. The van der Waals surface area contributed by atoms with Crippen LogP contribution in [0, 0.1) is 41.0 Å². The van der Waals surface area contributed by atoms with Crippen molar-refractivity contribution in [3.05, 3.63) is 82.4 Å². The van der Waals surface area contributed by atoms with E-state index in [-0.39, 0.29) is 11.5 Å². The van der Waals surface area contributed by atoms with E-state index in [1.165, 1.54) is 12.1 Å². The monoisotopic (exact) mass is 410 g/mol. The minimum absolute atomic E-state index is 0.189. The van der Waals surface area contributed by atoms with Crippen molar-refractivity contribution in [3.8, 4) is 11.8 Å². The highest BCUT2D eigenvalue weighted by Crippen LogP contribution is 2.37. The van der Waals surface area contributed by atoms with Crippen molar-refractivity contribution in [2.24, 2.45) is 5.92 Å². The molecule has 0 saturated heterocycles. The summed E-state index contributed by atoms with van der Waals surface area (Å²) in [5.74, 6) is 3.01. The van der Waals surface area contributed by atoms with Crippen LogP contribution in [0.5, 0.6) is 0 Å². The Bertz CT molecular complexity index is 1120. The fourth-order valence-electron chi connectivity index (χ4n) is 4.31. The quantitative estimate of drug-likeness (QED) is 0.303.